The fourth-order valence-corrected chi connectivity index (χ4v) is 0.883. The van der Waals surface area contributed by atoms with E-state index in [4.69, 9.17) is 0 Å². The summed E-state index contributed by atoms with van der Waals surface area (Å²) in [6.45, 7) is 0. The van der Waals surface area contributed by atoms with Crippen LogP contribution in [0.25, 0.3) is 10.9 Å². The van der Waals surface area contributed by atoms with Gasteiger partial charge < -0.3 is 11.5 Å². The van der Waals surface area contributed by atoms with Crippen molar-refractivity contribution in [3.05, 3.63) is 30.5 Å². The third kappa shape index (κ3) is 3.08. The quantitative estimate of drug-likeness (QED) is 0.541. The Balaban J connectivity index is 0.000000184. The fraction of sp³-hybridized carbons (Fsp3) is 0. The Morgan fingerprint density at radius 3 is 2.54 bits per heavy atom. The van der Waals surface area contributed by atoms with E-state index in [1.807, 2.05) is 30.5 Å². The van der Waals surface area contributed by atoms with Crippen LogP contribution >= 0.6 is 12.2 Å². The van der Waals surface area contributed by atoms with Gasteiger partial charge in [-0.2, -0.15) is 5.10 Å². The molecule has 0 saturated heterocycles. The molecule has 1 heterocycles. The topological polar surface area (TPSA) is 80.7 Å². The number of nitrogens with zero attached hydrogens (tertiary/aromatic N) is 1. The molecule has 2 aromatic rings. The van der Waals surface area contributed by atoms with Gasteiger partial charge in [0, 0.05) is 5.39 Å². The first-order valence-corrected chi connectivity index (χ1v) is 4.04. The highest BCUT2D eigenvalue weighted by Gasteiger charge is 1.88. The molecular formula is C8H10N4S. The van der Waals surface area contributed by atoms with Gasteiger partial charge in [-0.3, -0.25) is 5.10 Å². The molecule has 0 saturated carbocycles. The van der Waals surface area contributed by atoms with Crippen LogP contribution in [0.2, 0.25) is 0 Å². The molecule has 0 unspecified atom stereocenters. The number of nitrogens with two attached hydrogens (primary N) is 2. The molecule has 0 aliphatic carbocycles. The lowest BCUT2D eigenvalue weighted by atomic mass is 10.3. The minimum Gasteiger partial charge on any atom is -0.377 e. The van der Waals surface area contributed by atoms with Gasteiger partial charge in [0.05, 0.1) is 11.7 Å². The third-order valence-corrected chi connectivity index (χ3v) is 1.35. The Bertz CT molecular complexity index is 361. The van der Waals surface area contributed by atoms with Crippen LogP contribution < -0.4 is 11.5 Å². The summed E-state index contributed by atoms with van der Waals surface area (Å²) in [4.78, 5) is 0. The van der Waals surface area contributed by atoms with E-state index >= 15 is 0 Å². The first-order valence-electron chi connectivity index (χ1n) is 3.63. The van der Waals surface area contributed by atoms with E-state index in [2.05, 4.69) is 33.9 Å². The van der Waals surface area contributed by atoms with Crippen molar-refractivity contribution in [2.75, 3.05) is 0 Å². The molecule has 5 heteroatoms. The number of hydrogen-bond acceptors (Lipinski definition) is 2. The summed E-state index contributed by atoms with van der Waals surface area (Å²) in [5, 5.41) is 7.91. The van der Waals surface area contributed by atoms with Gasteiger partial charge in [-0.25, -0.2) is 0 Å². The van der Waals surface area contributed by atoms with Gasteiger partial charge in [0.1, 0.15) is 0 Å². The fourth-order valence-electron chi connectivity index (χ4n) is 0.883. The Morgan fingerprint density at radius 1 is 1.31 bits per heavy atom. The second kappa shape index (κ2) is 4.42. The van der Waals surface area contributed by atoms with Gasteiger partial charge in [-0.1, -0.05) is 18.2 Å². The third-order valence-electron chi connectivity index (χ3n) is 1.35. The van der Waals surface area contributed by atoms with Gasteiger partial charge in [0.15, 0.2) is 5.11 Å². The number of para-hydroxylation sites is 1. The number of benzene rings is 1. The zero-order valence-electron chi connectivity index (χ0n) is 6.90. The number of thiocarbonyl (C=S) groups is 1. The minimum atomic E-state index is 0.000000000000000222. The first-order chi connectivity index (χ1) is 6.20. The van der Waals surface area contributed by atoms with E-state index in [9.17, 15) is 0 Å². The molecule has 0 aliphatic rings. The van der Waals surface area contributed by atoms with Crippen LogP contribution in [0, 0.1) is 0 Å². The van der Waals surface area contributed by atoms with E-state index in [1.54, 1.807) is 0 Å². The molecule has 0 amide bonds. The van der Waals surface area contributed by atoms with E-state index < -0.39 is 0 Å². The first kappa shape index (κ1) is 9.47. The van der Waals surface area contributed by atoms with Crippen LogP contribution in [0.4, 0.5) is 0 Å². The number of aromatic nitrogens is 2. The molecule has 0 atom stereocenters. The lowest BCUT2D eigenvalue weighted by Gasteiger charge is -1.81. The molecule has 0 radical (unpaired) electrons. The molecule has 0 fully saturated rings. The predicted octanol–water partition coefficient (Wildman–Crippen LogP) is 0.752. The van der Waals surface area contributed by atoms with E-state index in [0.29, 0.717) is 0 Å². The highest BCUT2D eigenvalue weighted by molar-refractivity contribution is 7.80. The molecule has 0 bridgehead atoms. The standard InChI is InChI=1S/C7H6N2.CH4N2S/c1-2-4-7-6(3-1)5-8-9-7;2-1(3)4/h1-5H,(H,8,9);(H4,2,3,4). The summed E-state index contributed by atoms with van der Waals surface area (Å²) in [5.74, 6) is 0. The minimum absolute atomic E-state index is 0.000000000000000222. The average molecular weight is 194 g/mol. The maximum Gasteiger partial charge on any atom is 0.160 e. The maximum absolute atomic E-state index is 4.62. The van der Waals surface area contributed by atoms with Crippen molar-refractivity contribution in [1.82, 2.24) is 10.2 Å². The molecule has 0 spiro atoms. The lowest BCUT2D eigenvalue weighted by molar-refractivity contribution is 1.12. The van der Waals surface area contributed by atoms with E-state index in [0.717, 1.165) is 10.9 Å². The zero-order valence-corrected chi connectivity index (χ0v) is 7.71. The Labute approximate surface area is 80.9 Å². The largest absolute Gasteiger partial charge is 0.377 e. The van der Waals surface area contributed by atoms with Crippen LogP contribution in [0.1, 0.15) is 0 Å². The number of aromatic amines is 1. The smallest absolute Gasteiger partial charge is 0.160 e. The van der Waals surface area contributed by atoms with E-state index in [1.165, 1.54) is 0 Å². The lowest BCUT2D eigenvalue weighted by Crippen LogP contribution is -2.18. The van der Waals surface area contributed by atoms with Crippen molar-refractivity contribution in [2.45, 2.75) is 0 Å². The maximum atomic E-state index is 4.62. The summed E-state index contributed by atoms with van der Waals surface area (Å²) in [7, 11) is 0. The second-order valence-corrected chi connectivity index (χ2v) is 2.83. The normalized spacial score (nSPS) is 8.92. The summed E-state index contributed by atoms with van der Waals surface area (Å²) < 4.78 is 0. The van der Waals surface area contributed by atoms with Crippen LogP contribution in [0.15, 0.2) is 30.5 Å². The predicted molar refractivity (Wildman–Crippen MR) is 57.1 cm³/mol. The molecule has 13 heavy (non-hydrogen) atoms. The summed E-state index contributed by atoms with van der Waals surface area (Å²) in [6, 6.07) is 8.01. The van der Waals surface area contributed by atoms with Crippen molar-refractivity contribution in [3.8, 4) is 0 Å². The molecule has 0 aliphatic heterocycles. The number of H-pyrrole nitrogens is 1. The zero-order chi connectivity index (χ0) is 9.68. The summed E-state index contributed by atoms with van der Waals surface area (Å²) in [5.41, 5.74) is 10.3. The molecule has 68 valence electrons. The number of rotatable bonds is 0. The summed E-state index contributed by atoms with van der Waals surface area (Å²) >= 11 is 4.09. The number of nitrogens with one attached hydrogen (secondary N) is 1. The van der Waals surface area contributed by atoms with Crippen molar-refractivity contribution >= 4 is 28.2 Å². The number of fused-ring (bicyclic) bond motifs is 1. The number of hydrogen-bond donors (Lipinski definition) is 3. The van der Waals surface area contributed by atoms with Crippen molar-refractivity contribution in [3.63, 3.8) is 0 Å². The van der Waals surface area contributed by atoms with Gasteiger partial charge in [-0.05, 0) is 18.3 Å². The Kier molecular flexibility index (Phi) is 3.22. The SMILES string of the molecule is NC(N)=S.c1ccc2[nH]ncc2c1. The molecule has 4 nitrogen and oxygen atoms in total. The molecule has 2 rings (SSSR count). The highest BCUT2D eigenvalue weighted by Crippen LogP contribution is 2.06. The Morgan fingerprint density at radius 2 is 1.92 bits per heavy atom. The molecule has 1 aromatic heterocycles. The van der Waals surface area contributed by atoms with Crippen LogP contribution in [0.3, 0.4) is 0 Å². The second-order valence-electron chi connectivity index (χ2n) is 2.36. The Hall–Kier alpha value is -1.62. The van der Waals surface area contributed by atoms with Crippen LogP contribution in [0.5, 0.6) is 0 Å². The van der Waals surface area contributed by atoms with Crippen molar-refractivity contribution in [1.29, 1.82) is 0 Å². The average Bonchev–Trinajstić information content (AvgIpc) is 2.49. The monoisotopic (exact) mass is 194 g/mol. The van der Waals surface area contributed by atoms with Crippen molar-refractivity contribution < 1.29 is 0 Å². The molecule has 1 aromatic carbocycles. The molecule has 5 N–H and O–H groups in total. The van der Waals surface area contributed by atoms with Gasteiger partial charge in [0.25, 0.3) is 0 Å². The van der Waals surface area contributed by atoms with E-state index in [-0.39, 0.29) is 5.11 Å². The van der Waals surface area contributed by atoms with Crippen molar-refractivity contribution in [2.24, 2.45) is 11.5 Å². The summed E-state index contributed by atoms with van der Waals surface area (Å²) in [6.07, 6.45) is 1.81. The highest BCUT2D eigenvalue weighted by atomic mass is 32.1. The van der Waals surface area contributed by atoms with Crippen LogP contribution in [-0.4, -0.2) is 15.3 Å². The van der Waals surface area contributed by atoms with Gasteiger partial charge >= 0.3 is 0 Å². The van der Waals surface area contributed by atoms with Gasteiger partial charge in [-0.15, -0.1) is 0 Å². The van der Waals surface area contributed by atoms with Crippen LogP contribution in [-0.2, 0) is 0 Å². The molecular weight excluding hydrogens is 184 g/mol. The van der Waals surface area contributed by atoms with Gasteiger partial charge in [0.2, 0.25) is 0 Å².